The molecule has 1 heterocycles. The Morgan fingerprint density at radius 3 is 2.34 bits per heavy atom. The Kier molecular flexibility index (Phi) is 6.92. The van der Waals surface area contributed by atoms with Crippen LogP contribution in [0.15, 0.2) is 66.1 Å². The Morgan fingerprint density at radius 2 is 1.75 bits per heavy atom. The third-order valence-corrected chi connectivity index (χ3v) is 8.45. The van der Waals surface area contributed by atoms with E-state index in [1.54, 1.807) is 70.2 Å². The molecule has 0 aliphatic carbocycles. The normalized spacial score (nSPS) is 18.2. The average molecular weight is 477 g/mol. The van der Waals surface area contributed by atoms with Gasteiger partial charge < -0.3 is 4.84 Å². The molecule has 32 heavy (non-hydrogen) atoms. The number of carbonyl (C=O) groups excluding carboxylic acids is 1. The van der Waals surface area contributed by atoms with Gasteiger partial charge in [-0.25, -0.2) is 17.4 Å². The van der Waals surface area contributed by atoms with Crippen LogP contribution in [0, 0.1) is 5.92 Å². The molecule has 0 unspecified atom stereocenters. The summed E-state index contributed by atoms with van der Waals surface area (Å²) in [6, 6.07) is 14.2. The number of anilines is 1. The standard InChI is InChI=1S/C23H28N2O5S2/c1-6-18(22(26)30-24-31(27)23(3,4)5)21-16(2)19-14-10-11-15-20(19)25(21)32(28,29)17-12-8-7-9-13-17/h7-15,18,21,24H,2,6H2,1,3-5H3/t18-,21-,31+/m0/s1. The second-order valence-electron chi connectivity index (χ2n) is 8.50. The van der Waals surface area contributed by atoms with Crippen LogP contribution in [0.2, 0.25) is 0 Å². The van der Waals surface area contributed by atoms with Crippen molar-refractivity contribution in [3.8, 4) is 0 Å². The van der Waals surface area contributed by atoms with Gasteiger partial charge in [0, 0.05) is 5.56 Å². The van der Waals surface area contributed by atoms with Crippen LogP contribution in [0.25, 0.3) is 5.57 Å². The highest BCUT2D eigenvalue weighted by Crippen LogP contribution is 2.46. The Hall–Kier alpha value is -2.49. The molecule has 0 saturated carbocycles. The van der Waals surface area contributed by atoms with Crippen LogP contribution in [0.1, 0.15) is 39.7 Å². The minimum atomic E-state index is -3.99. The quantitative estimate of drug-likeness (QED) is 0.614. The lowest BCUT2D eigenvalue weighted by Gasteiger charge is -2.31. The number of rotatable bonds is 7. The number of sulfonamides is 1. The first-order valence-electron chi connectivity index (χ1n) is 10.3. The van der Waals surface area contributed by atoms with Crippen molar-refractivity contribution in [2.45, 2.75) is 49.8 Å². The van der Waals surface area contributed by atoms with E-state index in [0.717, 1.165) is 0 Å². The molecule has 7 nitrogen and oxygen atoms in total. The maximum Gasteiger partial charge on any atom is 0.331 e. The highest BCUT2D eigenvalue weighted by molar-refractivity contribution is 7.93. The van der Waals surface area contributed by atoms with E-state index in [1.807, 2.05) is 0 Å². The van der Waals surface area contributed by atoms with Crippen molar-refractivity contribution >= 4 is 38.2 Å². The van der Waals surface area contributed by atoms with Crippen LogP contribution < -0.4 is 9.19 Å². The number of hydrogen-bond donors (Lipinski definition) is 1. The van der Waals surface area contributed by atoms with Gasteiger partial charge in [0.1, 0.15) is 11.0 Å². The van der Waals surface area contributed by atoms with Gasteiger partial charge in [-0.2, -0.15) is 0 Å². The highest BCUT2D eigenvalue weighted by atomic mass is 32.2. The number of hydrogen-bond acceptors (Lipinski definition) is 5. The zero-order valence-electron chi connectivity index (χ0n) is 18.6. The number of benzene rings is 2. The summed E-state index contributed by atoms with van der Waals surface area (Å²) in [7, 11) is -5.62. The summed E-state index contributed by atoms with van der Waals surface area (Å²) in [5.74, 6) is -1.56. The number of para-hydroxylation sites is 1. The molecule has 0 aromatic heterocycles. The Morgan fingerprint density at radius 1 is 1.16 bits per heavy atom. The molecule has 2 aromatic rings. The average Bonchev–Trinajstić information content (AvgIpc) is 3.06. The first-order chi connectivity index (χ1) is 15.0. The van der Waals surface area contributed by atoms with E-state index >= 15 is 0 Å². The largest absolute Gasteiger partial charge is 0.357 e. The van der Waals surface area contributed by atoms with Crippen LogP contribution in [0.4, 0.5) is 5.69 Å². The zero-order chi connectivity index (χ0) is 23.7. The molecule has 1 aliphatic heterocycles. The lowest BCUT2D eigenvalue weighted by molar-refractivity contribution is -0.152. The topological polar surface area (TPSA) is 92.8 Å². The van der Waals surface area contributed by atoms with E-state index in [2.05, 4.69) is 11.5 Å². The molecule has 0 fully saturated rings. The second kappa shape index (κ2) is 9.17. The Balaban J connectivity index is 2.01. The van der Waals surface area contributed by atoms with Gasteiger partial charge in [-0.3, -0.25) is 4.31 Å². The molecule has 3 atom stereocenters. The maximum absolute atomic E-state index is 13.7. The van der Waals surface area contributed by atoms with Crippen LogP contribution >= 0.6 is 0 Å². The second-order valence-corrected chi connectivity index (χ2v) is 12.2. The van der Waals surface area contributed by atoms with E-state index in [-0.39, 0.29) is 4.90 Å². The van der Waals surface area contributed by atoms with Gasteiger partial charge in [0.15, 0.2) is 0 Å². The van der Waals surface area contributed by atoms with E-state index in [0.29, 0.717) is 23.2 Å². The van der Waals surface area contributed by atoms with Gasteiger partial charge in [0.05, 0.1) is 27.3 Å². The summed E-state index contributed by atoms with van der Waals surface area (Å²) in [6.45, 7) is 11.1. The first kappa shape index (κ1) is 24.2. The predicted molar refractivity (Wildman–Crippen MR) is 126 cm³/mol. The van der Waals surface area contributed by atoms with Crippen LogP contribution in [0.3, 0.4) is 0 Å². The van der Waals surface area contributed by atoms with Crippen molar-refractivity contribution in [2.75, 3.05) is 4.31 Å². The summed E-state index contributed by atoms with van der Waals surface area (Å²) in [5, 5.41) is 0. The molecule has 0 saturated heterocycles. The molecule has 1 aliphatic rings. The van der Waals surface area contributed by atoms with Gasteiger partial charge >= 0.3 is 5.97 Å². The monoisotopic (exact) mass is 476 g/mol. The molecule has 0 radical (unpaired) electrons. The highest BCUT2D eigenvalue weighted by Gasteiger charge is 2.47. The van der Waals surface area contributed by atoms with E-state index < -0.39 is 43.7 Å². The molecule has 3 rings (SSSR count). The number of carbonyl (C=O) groups is 1. The predicted octanol–water partition coefficient (Wildman–Crippen LogP) is 3.81. The molecule has 1 N–H and O–H groups in total. The summed E-state index contributed by atoms with van der Waals surface area (Å²) < 4.78 is 40.2. The minimum Gasteiger partial charge on any atom is -0.357 e. The van der Waals surface area contributed by atoms with Crippen LogP contribution in [-0.4, -0.2) is 29.4 Å². The Labute approximate surface area is 192 Å². The fourth-order valence-corrected chi connectivity index (χ4v) is 5.71. The molecule has 0 bridgehead atoms. The van der Waals surface area contributed by atoms with Crippen molar-refractivity contribution in [3.63, 3.8) is 0 Å². The number of nitrogens with zero attached hydrogens (tertiary/aromatic N) is 1. The van der Waals surface area contributed by atoms with E-state index in [4.69, 9.17) is 4.84 Å². The van der Waals surface area contributed by atoms with Crippen molar-refractivity contribution in [2.24, 2.45) is 5.92 Å². The molecule has 172 valence electrons. The van der Waals surface area contributed by atoms with Crippen molar-refractivity contribution in [1.82, 2.24) is 4.89 Å². The number of nitrogens with one attached hydrogen (secondary N) is 1. The lowest BCUT2D eigenvalue weighted by Crippen LogP contribution is -2.46. The van der Waals surface area contributed by atoms with Gasteiger partial charge in [0.2, 0.25) is 0 Å². The third-order valence-electron chi connectivity index (χ3n) is 5.29. The number of fused-ring (bicyclic) bond motifs is 1. The van der Waals surface area contributed by atoms with Crippen molar-refractivity contribution in [3.05, 3.63) is 66.7 Å². The summed E-state index contributed by atoms with van der Waals surface area (Å²) in [4.78, 5) is 20.6. The minimum absolute atomic E-state index is 0.115. The molecule has 0 spiro atoms. The molecular formula is C23H28N2O5S2. The fraction of sp³-hybridized carbons (Fsp3) is 0.348. The van der Waals surface area contributed by atoms with E-state index in [9.17, 15) is 17.4 Å². The third kappa shape index (κ3) is 4.51. The summed E-state index contributed by atoms with van der Waals surface area (Å²) >= 11 is 0. The first-order valence-corrected chi connectivity index (χ1v) is 12.8. The van der Waals surface area contributed by atoms with Crippen LogP contribution in [-0.2, 0) is 30.6 Å². The molecule has 9 heteroatoms. The smallest absolute Gasteiger partial charge is 0.331 e. The SMILES string of the molecule is C=C1c2ccccc2N(S(=O)(=O)c2ccccc2)[C@@H]1[C@H](CC)C(=O)ON[S@](=O)C(C)(C)C. The maximum atomic E-state index is 13.7. The van der Waals surface area contributed by atoms with Gasteiger partial charge in [0.25, 0.3) is 10.0 Å². The van der Waals surface area contributed by atoms with Crippen LogP contribution in [0.5, 0.6) is 0 Å². The van der Waals surface area contributed by atoms with Gasteiger partial charge in [-0.05, 0) is 51.0 Å². The molecule has 2 aromatic carbocycles. The van der Waals surface area contributed by atoms with Crippen molar-refractivity contribution in [1.29, 1.82) is 0 Å². The molecule has 0 amide bonds. The zero-order valence-corrected chi connectivity index (χ0v) is 20.2. The fourth-order valence-electron chi connectivity index (χ4n) is 3.58. The van der Waals surface area contributed by atoms with Gasteiger partial charge in [-0.1, -0.05) is 54.8 Å². The molecular weight excluding hydrogens is 448 g/mol. The summed E-state index contributed by atoms with van der Waals surface area (Å²) in [6.07, 6.45) is 0.293. The Bertz CT molecular complexity index is 1140. The lowest BCUT2D eigenvalue weighted by atomic mass is 9.91. The summed E-state index contributed by atoms with van der Waals surface area (Å²) in [5.41, 5.74) is 1.64. The van der Waals surface area contributed by atoms with E-state index in [1.165, 1.54) is 16.4 Å². The van der Waals surface area contributed by atoms with Crippen molar-refractivity contribution < 1.29 is 22.3 Å². The van der Waals surface area contributed by atoms with Gasteiger partial charge in [-0.15, -0.1) is 0 Å².